The number of nitrogens with one attached hydrogen (secondary N) is 1. The van der Waals surface area contributed by atoms with Crippen LogP contribution in [-0.2, 0) is 10.8 Å². The molecule has 0 spiro atoms. The van der Waals surface area contributed by atoms with E-state index in [0.29, 0.717) is 15.6 Å². The van der Waals surface area contributed by atoms with Crippen LogP contribution in [-0.4, -0.2) is 28.5 Å². The number of amides is 1. The van der Waals surface area contributed by atoms with E-state index in [0.717, 1.165) is 21.9 Å². The van der Waals surface area contributed by atoms with Crippen molar-refractivity contribution in [2.24, 2.45) is 0 Å². The van der Waals surface area contributed by atoms with Crippen molar-refractivity contribution in [3.8, 4) is 17.0 Å². The zero-order valence-corrected chi connectivity index (χ0v) is 16.2. The summed E-state index contributed by atoms with van der Waals surface area (Å²) in [5.74, 6) is 0.542. The maximum atomic E-state index is 12.4. The third-order valence-corrected chi connectivity index (χ3v) is 5.65. The molecule has 3 aromatic rings. The topological polar surface area (TPSA) is 68.3 Å². The van der Waals surface area contributed by atoms with Gasteiger partial charge < -0.3 is 4.74 Å². The maximum absolute atomic E-state index is 12.4. The van der Waals surface area contributed by atoms with Crippen LogP contribution in [0.15, 0.2) is 53.4 Å². The van der Waals surface area contributed by atoms with E-state index in [1.165, 1.54) is 11.3 Å². The summed E-state index contributed by atoms with van der Waals surface area (Å²) in [6, 6.07) is 14.4. The first-order chi connectivity index (χ1) is 12.5. The van der Waals surface area contributed by atoms with E-state index in [1.54, 1.807) is 37.6 Å². The summed E-state index contributed by atoms with van der Waals surface area (Å²) in [6.45, 7) is 1.97. The lowest BCUT2D eigenvalue weighted by Crippen LogP contribution is -2.11. The Morgan fingerprint density at radius 1 is 1.12 bits per heavy atom. The first-order valence-corrected chi connectivity index (χ1v) is 10.2. The SMILES string of the molecule is COc1ccc(-c2nc(NC(=O)c3ccc(S(C)=O)cc3)sc2C)cc1. The first kappa shape index (κ1) is 18.3. The number of rotatable bonds is 5. The van der Waals surface area contributed by atoms with E-state index in [9.17, 15) is 9.00 Å². The van der Waals surface area contributed by atoms with Gasteiger partial charge in [0.2, 0.25) is 0 Å². The number of hydrogen-bond acceptors (Lipinski definition) is 5. The third-order valence-electron chi connectivity index (χ3n) is 3.83. The summed E-state index contributed by atoms with van der Waals surface area (Å²) in [5, 5.41) is 3.37. The quantitative estimate of drug-likeness (QED) is 0.716. The molecule has 0 aliphatic heterocycles. The van der Waals surface area contributed by atoms with Crippen molar-refractivity contribution in [3.63, 3.8) is 0 Å². The number of carbonyl (C=O) groups is 1. The van der Waals surface area contributed by atoms with Crippen LogP contribution in [0.4, 0.5) is 5.13 Å². The standard InChI is InChI=1S/C19H18N2O3S2/c1-12-17(13-4-8-15(24-2)9-5-13)20-19(25-12)21-18(22)14-6-10-16(11-7-14)26(3)23/h4-11H,1-3H3,(H,20,21,22). The minimum atomic E-state index is -1.06. The summed E-state index contributed by atoms with van der Waals surface area (Å²) in [4.78, 5) is 18.6. The fourth-order valence-corrected chi connectivity index (χ4v) is 3.78. The second kappa shape index (κ2) is 7.80. The summed E-state index contributed by atoms with van der Waals surface area (Å²) >= 11 is 1.43. The number of benzene rings is 2. The number of ether oxygens (including phenoxy) is 1. The predicted molar refractivity (Wildman–Crippen MR) is 106 cm³/mol. The van der Waals surface area contributed by atoms with Crippen LogP contribution < -0.4 is 10.1 Å². The molecule has 1 aromatic heterocycles. The highest BCUT2D eigenvalue weighted by Gasteiger charge is 2.13. The van der Waals surface area contributed by atoms with Gasteiger partial charge in [-0.3, -0.25) is 14.3 Å². The second-order valence-electron chi connectivity index (χ2n) is 5.58. The van der Waals surface area contributed by atoms with Gasteiger partial charge in [0.15, 0.2) is 5.13 Å². The van der Waals surface area contributed by atoms with Crippen molar-refractivity contribution in [3.05, 3.63) is 59.0 Å². The Hall–Kier alpha value is -2.51. The molecule has 0 aliphatic rings. The van der Waals surface area contributed by atoms with E-state index in [4.69, 9.17) is 4.74 Å². The van der Waals surface area contributed by atoms with Crippen molar-refractivity contribution in [2.45, 2.75) is 11.8 Å². The number of aryl methyl sites for hydroxylation is 1. The van der Waals surface area contributed by atoms with Crippen molar-refractivity contribution >= 4 is 33.2 Å². The minimum absolute atomic E-state index is 0.242. The fourth-order valence-electron chi connectivity index (χ4n) is 2.43. The van der Waals surface area contributed by atoms with Crippen LogP contribution in [0.5, 0.6) is 5.75 Å². The second-order valence-corrected chi connectivity index (χ2v) is 8.17. The minimum Gasteiger partial charge on any atom is -0.497 e. The van der Waals surface area contributed by atoms with Crippen LogP contribution >= 0.6 is 11.3 Å². The van der Waals surface area contributed by atoms with Crippen LogP contribution in [0.2, 0.25) is 0 Å². The maximum Gasteiger partial charge on any atom is 0.257 e. The molecular formula is C19H18N2O3S2. The zero-order chi connectivity index (χ0) is 18.7. The predicted octanol–water partition coefficient (Wildman–Crippen LogP) is 4.12. The summed E-state index contributed by atoms with van der Waals surface area (Å²) in [5.41, 5.74) is 2.30. The number of anilines is 1. The molecule has 0 saturated heterocycles. The van der Waals surface area contributed by atoms with E-state index >= 15 is 0 Å². The molecule has 26 heavy (non-hydrogen) atoms. The van der Waals surface area contributed by atoms with Crippen LogP contribution in [0.25, 0.3) is 11.3 Å². The highest BCUT2D eigenvalue weighted by atomic mass is 32.2. The van der Waals surface area contributed by atoms with Gasteiger partial charge in [-0.25, -0.2) is 4.98 Å². The Bertz CT molecular complexity index is 948. The van der Waals surface area contributed by atoms with Crippen molar-refractivity contribution in [1.82, 2.24) is 4.98 Å². The molecule has 5 nitrogen and oxygen atoms in total. The number of carbonyl (C=O) groups excluding carboxylic acids is 1. The van der Waals surface area contributed by atoms with Gasteiger partial charge in [0.25, 0.3) is 5.91 Å². The Morgan fingerprint density at radius 3 is 2.35 bits per heavy atom. The molecule has 1 amide bonds. The smallest absolute Gasteiger partial charge is 0.257 e. The summed E-state index contributed by atoms with van der Waals surface area (Å²) < 4.78 is 16.6. The molecular weight excluding hydrogens is 368 g/mol. The number of hydrogen-bond donors (Lipinski definition) is 1. The average molecular weight is 386 g/mol. The highest BCUT2D eigenvalue weighted by molar-refractivity contribution is 7.84. The molecule has 0 aliphatic carbocycles. The molecule has 1 unspecified atom stereocenters. The lowest BCUT2D eigenvalue weighted by Gasteiger charge is -2.03. The molecule has 134 valence electrons. The normalized spacial score (nSPS) is 11.8. The van der Waals surface area contributed by atoms with E-state index in [-0.39, 0.29) is 5.91 Å². The zero-order valence-electron chi connectivity index (χ0n) is 14.6. The van der Waals surface area contributed by atoms with E-state index in [2.05, 4.69) is 10.3 Å². The van der Waals surface area contributed by atoms with Gasteiger partial charge in [0, 0.05) is 38.0 Å². The van der Waals surface area contributed by atoms with Gasteiger partial charge in [0.05, 0.1) is 12.8 Å². The lowest BCUT2D eigenvalue weighted by atomic mass is 10.1. The Balaban J connectivity index is 1.77. The molecule has 0 fully saturated rings. The fraction of sp³-hybridized carbons (Fsp3) is 0.158. The van der Waals surface area contributed by atoms with Gasteiger partial charge in [-0.1, -0.05) is 0 Å². The van der Waals surface area contributed by atoms with Gasteiger partial charge >= 0.3 is 0 Å². The van der Waals surface area contributed by atoms with Crippen LogP contribution in [0.1, 0.15) is 15.2 Å². The first-order valence-electron chi connectivity index (χ1n) is 7.84. The van der Waals surface area contributed by atoms with E-state index in [1.807, 2.05) is 31.2 Å². The van der Waals surface area contributed by atoms with Crippen molar-refractivity contribution in [1.29, 1.82) is 0 Å². The third kappa shape index (κ3) is 4.00. The number of methoxy groups -OCH3 is 1. The van der Waals surface area contributed by atoms with Gasteiger partial charge in [-0.2, -0.15) is 0 Å². The number of nitrogens with zero attached hydrogens (tertiary/aromatic N) is 1. The van der Waals surface area contributed by atoms with Crippen LogP contribution in [0, 0.1) is 6.92 Å². The van der Waals surface area contributed by atoms with Gasteiger partial charge in [-0.15, -0.1) is 11.3 Å². The van der Waals surface area contributed by atoms with Crippen LogP contribution in [0.3, 0.4) is 0 Å². The van der Waals surface area contributed by atoms with Gasteiger partial charge in [-0.05, 0) is 55.5 Å². The average Bonchev–Trinajstić information content (AvgIpc) is 3.02. The largest absolute Gasteiger partial charge is 0.497 e. The summed E-state index contributed by atoms with van der Waals surface area (Å²) in [7, 11) is 0.564. The Kier molecular flexibility index (Phi) is 5.49. The molecule has 1 heterocycles. The lowest BCUT2D eigenvalue weighted by molar-refractivity contribution is 0.102. The van der Waals surface area contributed by atoms with Crippen molar-refractivity contribution < 1.29 is 13.7 Å². The molecule has 2 aromatic carbocycles. The number of aromatic nitrogens is 1. The molecule has 3 rings (SSSR count). The molecule has 0 radical (unpaired) electrons. The molecule has 1 N–H and O–H groups in total. The number of thiazole rings is 1. The Labute approximate surface area is 158 Å². The molecule has 1 atom stereocenters. The van der Waals surface area contributed by atoms with Gasteiger partial charge in [0.1, 0.15) is 5.75 Å². The molecule has 0 bridgehead atoms. The monoisotopic (exact) mass is 386 g/mol. The molecule has 7 heteroatoms. The van der Waals surface area contributed by atoms with E-state index < -0.39 is 10.8 Å². The molecule has 0 saturated carbocycles. The Morgan fingerprint density at radius 2 is 1.77 bits per heavy atom. The van der Waals surface area contributed by atoms with Crippen molar-refractivity contribution in [2.75, 3.05) is 18.7 Å². The highest BCUT2D eigenvalue weighted by Crippen LogP contribution is 2.31. The summed E-state index contributed by atoms with van der Waals surface area (Å²) in [6.07, 6.45) is 1.61.